The van der Waals surface area contributed by atoms with E-state index in [0.717, 1.165) is 10.8 Å². The quantitative estimate of drug-likeness (QED) is 0.614. The third-order valence-electron chi connectivity index (χ3n) is 2.62. The molecule has 1 heterocycles. The summed E-state index contributed by atoms with van der Waals surface area (Å²) in [5, 5.41) is 1.88. The fourth-order valence-electron chi connectivity index (χ4n) is 1.74. The van der Waals surface area contributed by atoms with Crippen LogP contribution in [0.5, 0.6) is 0 Å². The summed E-state index contributed by atoms with van der Waals surface area (Å²) in [6.07, 6.45) is 1.88. The van der Waals surface area contributed by atoms with Crippen molar-refractivity contribution < 1.29 is 13.8 Å². The summed E-state index contributed by atoms with van der Waals surface area (Å²) in [5.74, 6) is -0.0541. The number of pyridine rings is 1. The molecular formula is C13H14NO3P. The molecule has 0 fully saturated rings. The molecule has 0 aliphatic rings. The summed E-state index contributed by atoms with van der Waals surface area (Å²) < 4.78 is 10.2. The molecule has 0 aliphatic carbocycles. The highest BCUT2D eigenvalue weighted by molar-refractivity contribution is 7.48. The molecule has 0 atom stereocenters. The van der Waals surface area contributed by atoms with Crippen molar-refractivity contribution in [3.8, 4) is 0 Å². The molecule has 18 heavy (non-hydrogen) atoms. The average molecular weight is 263 g/mol. The Hall–Kier alpha value is -1.35. The molecule has 0 spiro atoms. The lowest BCUT2D eigenvalue weighted by Crippen LogP contribution is -2.08. The topological polar surface area (TPSA) is 48.4 Å². The Labute approximate surface area is 107 Å². The van der Waals surface area contributed by atoms with Crippen LogP contribution in [0, 0.1) is 0 Å². The van der Waals surface area contributed by atoms with Gasteiger partial charge in [0.25, 0.3) is 0 Å². The summed E-state index contributed by atoms with van der Waals surface area (Å²) in [7, 11) is 1.92. The Morgan fingerprint density at radius 2 is 1.94 bits per heavy atom. The van der Waals surface area contributed by atoms with E-state index in [4.69, 9.17) is 9.05 Å². The van der Waals surface area contributed by atoms with Crippen LogP contribution in [0.1, 0.15) is 10.5 Å². The van der Waals surface area contributed by atoms with Gasteiger partial charge in [-0.15, -0.1) is 0 Å². The Balaban J connectivity index is 2.33. The van der Waals surface area contributed by atoms with E-state index in [1.54, 1.807) is 20.4 Å². The van der Waals surface area contributed by atoms with Crippen molar-refractivity contribution in [2.24, 2.45) is 0 Å². The highest BCUT2D eigenvalue weighted by Gasteiger charge is 2.17. The molecule has 0 saturated heterocycles. The lowest BCUT2D eigenvalue weighted by Gasteiger charge is -2.11. The molecule has 2 aromatic rings. The third kappa shape index (κ3) is 2.72. The van der Waals surface area contributed by atoms with Crippen molar-refractivity contribution >= 4 is 24.9 Å². The van der Waals surface area contributed by atoms with Gasteiger partial charge in [-0.1, -0.05) is 24.3 Å². The number of hydrogen-bond donors (Lipinski definition) is 0. The van der Waals surface area contributed by atoms with Gasteiger partial charge in [-0.25, -0.2) is 0 Å². The van der Waals surface area contributed by atoms with Crippen LogP contribution in [0.4, 0.5) is 0 Å². The highest BCUT2D eigenvalue weighted by atomic mass is 31.2. The van der Waals surface area contributed by atoms with Crippen LogP contribution < -0.4 is 0 Å². The first-order chi connectivity index (χ1) is 8.76. The van der Waals surface area contributed by atoms with E-state index < -0.39 is 8.38 Å². The smallest absolute Gasteiger partial charge is 0.190 e. The summed E-state index contributed by atoms with van der Waals surface area (Å²) in [6, 6.07) is 9.59. The van der Waals surface area contributed by atoms with Gasteiger partial charge in [0, 0.05) is 25.8 Å². The number of rotatable bonds is 5. The van der Waals surface area contributed by atoms with Crippen molar-refractivity contribution in [1.29, 1.82) is 0 Å². The van der Waals surface area contributed by atoms with Crippen molar-refractivity contribution in [3.63, 3.8) is 0 Å². The van der Waals surface area contributed by atoms with E-state index >= 15 is 0 Å². The van der Waals surface area contributed by atoms with Gasteiger partial charge in [0.15, 0.2) is 14.2 Å². The maximum absolute atomic E-state index is 12.2. The number of fused-ring (bicyclic) bond motifs is 1. The first kappa shape index (κ1) is 13.1. The van der Waals surface area contributed by atoms with Gasteiger partial charge in [-0.2, -0.15) is 0 Å². The van der Waals surface area contributed by atoms with Gasteiger partial charge < -0.3 is 9.05 Å². The molecule has 0 bridgehead atoms. The Morgan fingerprint density at radius 3 is 2.67 bits per heavy atom. The fourth-order valence-corrected chi connectivity index (χ4v) is 2.53. The minimum Gasteiger partial charge on any atom is -0.337 e. The van der Waals surface area contributed by atoms with E-state index in [0.29, 0.717) is 5.69 Å². The average Bonchev–Trinajstić information content (AvgIpc) is 2.43. The van der Waals surface area contributed by atoms with Crippen molar-refractivity contribution in [2.75, 3.05) is 20.4 Å². The van der Waals surface area contributed by atoms with Crippen LogP contribution in [0.3, 0.4) is 0 Å². The highest BCUT2D eigenvalue weighted by Crippen LogP contribution is 2.36. The summed E-state index contributed by atoms with van der Waals surface area (Å²) >= 11 is 0. The number of benzene rings is 1. The number of ketones is 1. The zero-order chi connectivity index (χ0) is 13.0. The van der Waals surface area contributed by atoms with Crippen LogP contribution in [0.15, 0.2) is 36.5 Å². The zero-order valence-corrected chi connectivity index (χ0v) is 11.2. The number of carbonyl (C=O) groups is 1. The van der Waals surface area contributed by atoms with Gasteiger partial charge in [0.05, 0.1) is 6.16 Å². The van der Waals surface area contributed by atoms with E-state index in [9.17, 15) is 4.79 Å². The predicted octanol–water partition coefficient (Wildman–Crippen LogP) is 3.02. The maximum atomic E-state index is 12.2. The number of Topliss-reactive ketones (excluding diaryl/α,β-unsaturated/α-hetero) is 1. The van der Waals surface area contributed by atoms with Gasteiger partial charge >= 0.3 is 0 Å². The van der Waals surface area contributed by atoms with Crippen LogP contribution in [-0.4, -0.2) is 31.1 Å². The molecule has 0 unspecified atom stereocenters. The van der Waals surface area contributed by atoms with Gasteiger partial charge in [-0.3, -0.25) is 9.78 Å². The van der Waals surface area contributed by atoms with Gasteiger partial charge in [0.1, 0.15) is 5.69 Å². The molecule has 2 rings (SSSR count). The number of hydrogen-bond acceptors (Lipinski definition) is 4. The predicted molar refractivity (Wildman–Crippen MR) is 71.9 cm³/mol. The molecule has 5 heteroatoms. The molecule has 0 aliphatic heterocycles. The molecule has 1 aromatic heterocycles. The largest absolute Gasteiger partial charge is 0.337 e. The van der Waals surface area contributed by atoms with E-state index in [2.05, 4.69) is 4.98 Å². The number of carbonyl (C=O) groups excluding carboxylic acids is 1. The van der Waals surface area contributed by atoms with E-state index in [1.165, 1.54) is 0 Å². The SMILES string of the molecule is COP(CC(=O)c1nccc2ccccc12)OC. The molecular weight excluding hydrogens is 249 g/mol. The van der Waals surface area contributed by atoms with Gasteiger partial charge in [-0.05, 0) is 11.5 Å². The molecule has 1 aromatic carbocycles. The normalized spacial score (nSPS) is 11.1. The Kier molecular flexibility index (Phi) is 4.37. The monoisotopic (exact) mass is 263 g/mol. The summed E-state index contributed by atoms with van der Waals surface area (Å²) in [6.45, 7) is 0. The second-order valence-electron chi connectivity index (χ2n) is 3.66. The van der Waals surface area contributed by atoms with Crippen LogP contribution in [0.2, 0.25) is 0 Å². The van der Waals surface area contributed by atoms with E-state index in [1.807, 2.05) is 30.3 Å². The number of nitrogens with zero attached hydrogens (tertiary/aromatic N) is 1. The minimum absolute atomic E-state index is 0.0541. The standard InChI is InChI=1S/C13H14NO3P/c1-16-18(17-2)9-12(15)13-11-6-4-3-5-10(11)7-8-14-13/h3-8H,9H2,1-2H3. The third-order valence-corrected chi connectivity index (χ3v) is 3.98. The van der Waals surface area contributed by atoms with Crippen molar-refractivity contribution in [1.82, 2.24) is 4.98 Å². The fraction of sp³-hybridized carbons (Fsp3) is 0.231. The molecule has 4 nitrogen and oxygen atoms in total. The molecule has 0 N–H and O–H groups in total. The molecule has 0 radical (unpaired) electrons. The summed E-state index contributed by atoms with van der Waals surface area (Å²) in [4.78, 5) is 16.4. The van der Waals surface area contributed by atoms with Gasteiger partial charge in [0.2, 0.25) is 0 Å². The van der Waals surface area contributed by atoms with Crippen LogP contribution in [-0.2, 0) is 9.05 Å². The Morgan fingerprint density at radius 1 is 1.22 bits per heavy atom. The molecule has 94 valence electrons. The lowest BCUT2D eigenvalue weighted by atomic mass is 10.1. The maximum Gasteiger partial charge on any atom is 0.190 e. The van der Waals surface area contributed by atoms with E-state index in [-0.39, 0.29) is 11.9 Å². The lowest BCUT2D eigenvalue weighted by molar-refractivity contribution is 0.101. The second-order valence-corrected chi connectivity index (χ2v) is 5.37. The Bertz CT molecular complexity index is 549. The van der Waals surface area contributed by atoms with Crippen molar-refractivity contribution in [2.45, 2.75) is 0 Å². The number of aromatic nitrogens is 1. The van der Waals surface area contributed by atoms with Crippen molar-refractivity contribution in [3.05, 3.63) is 42.2 Å². The first-order valence-electron chi connectivity index (χ1n) is 5.49. The molecule has 0 amide bonds. The second kappa shape index (κ2) is 6.01. The minimum atomic E-state index is -1.16. The van der Waals surface area contributed by atoms with Crippen LogP contribution >= 0.6 is 8.38 Å². The zero-order valence-electron chi connectivity index (χ0n) is 10.3. The summed E-state index contributed by atoms with van der Waals surface area (Å²) in [5.41, 5.74) is 0.481. The first-order valence-corrected chi connectivity index (χ1v) is 6.85. The molecule has 0 saturated carbocycles. The van der Waals surface area contributed by atoms with Crippen LogP contribution in [0.25, 0.3) is 10.8 Å².